The Morgan fingerprint density at radius 2 is 2.14 bits per heavy atom. The van der Waals surface area contributed by atoms with Gasteiger partial charge in [-0.25, -0.2) is 0 Å². The number of hydrogen-bond acceptors (Lipinski definition) is 5. The monoisotopic (exact) mass is 309 g/mol. The summed E-state index contributed by atoms with van der Waals surface area (Å²) in [5, 5.41) is 21.3. The Morgan fingerprint density at radius 1 is 1.38 bits per heavy atom. The SMILES string of the molecule is CCOC(=O)CC(O)C(O)c1ccc2c(Cl)ccnc2c1. The Hall–Kier alpha value is -1.69. The van der Waals surface area contributed by atoms with Crippen molar-refractivity contribution in [3.05, 3.63) is 41.0 Å². The summed E-state index contributed by atoms with van der Waals surface area (Å²) in [6, 6.07) is 6.69. The van der Waals surface area contributed by atoms with Crippen LogP contribution in [-0.4, -0.2) is 33.9 Å². The van der Waals surface area contributed by atoms with Gasteiger partial charge >= 0.3 is 5.97 Å². The summed E-state index contributed by atoms with van der Waals surface area (Å²) >= 11 is 6.04. The van der Waals surface area contributed by atoms with E-state index in [0.29, 0.717) is 16.1 Å². The normalized spacial score (nSPS) is 13.9. The number of hydrogen-bond donors (Lipinski definition) is 2. The summed E-state index contributed by atoms with van der Waals surface area (Å²) < 4.78 is 4.74. The standard InChI is InChI=1S/C15H16ClNO4/c1-2-21-14(19)8-13(18)15(20)9-3-4-10-11(16)5-6-17-12(10)7-9/h3-7,13,15,18,20H,2,8H2,1H3. The molecule has 0 spiro atoms. The zero-order valence-electron chi connectivity index (χ0n) is 11.5. The predicted octanol–water partition coefficient (Wildman–Crippen LogP) is 2.24. The van der Waals surface area contributed by atoms with Crippen molar-refractivity contribution in [1.82, 2.24) is 4.98 Å². The van der Waals surface area contributed by atoms with Crippen LogP contribution in [0.5, 0.6) is 0 Å². The summed E-state index contributed by atoms with van der Waals surface area (Å²) in [6.45, 7) is 1.92. The van der Waals surface area contributed by atoms with Crippen molar-refractivity contribution in [2.45, 2.75) is 25.6 Å². The van der Waals surface area contributed by atoms with E-state index in [1.54, 1.807) is 37.4 Å². The lowest BCUT2D eigenvalue weighted by Crippen LogP contribution is -2.23. The molecule has 0 aliphatic heterocycles. The molecule has 0 bridgehead atoms. The van der Waals surface area contributed by atoms with Gasteiger partial charge in [-0.05, 0) is 24.6 Å². The smallest absolute Gasteiger partial charge is 0.308 e. The summed E-state index contributed by atoms with van der Waals surface area (Å²) in [5.74, 6) is -0.550. The second-order valence-electron chi connectivity index (χ2n) is 4.59. The number of aliphatic hydroxyl groups is 2. The van der Waals surface area contributed by atoms with Crippen LogP contribution in [0.2, 0.25) is 5.02 Å². The minimum absolute atomic E-state index is 0.236. The lowest BCUT2D eigenvalue weighted by molar-refractivity contribution is -0.147. The van der Waals surface area contributed by atoms with Crippen LogP contribution in [0.25, 0.3) is 10.9 Å². The van der Waals surface area contributed by atoms with Gasteiger partial charge in [0.2, 0.25) is 0 Å². The molecule has 0 radical (unpaired) electrons. The number of carbonyl (C=O) groups is 1. The van der Waals surface area contributed by atoms with Crippen LogP contribution in [0.1, 0.15) is 25.0 Å². The molecule has 1 heterocycles. The lowest BCUT2D eigenvalue weighted by Gasteiger charge is -2.17. The van der Waals surface area contributed by atoms with Crippen LogP contribution in [0, 0.1) is 0 Å². The number of esters is 1. The molecule has 0 aliphatic rings. The van der Waals surface area contributed by atoms with E-state index in [0.717, 1.165) is 5.39 Å². The fourth-order valence-corrected chi connectivity index (χ4v) is 2.25. The molecule has 2 rings (SSSR count). The molecule has 2 aromatic rings. The summed E-state index contributed by atoms with van der Waals surface area (Å²) in [5.41, 5.74) is 1.08. The Balaban J connectivity index is 2.19. The zero-order valence-corrected chi connectivity index (χ0v) is 12.2. The van der Waals surface area contributed by atoms with E-state index in [-0.39, 0.29) is 13.0 Å². The third kappa shape index (κ3) is 3.69. The second kappa shape index (κ2) is 6.85. The number of nitrogens with zero attached hydrogens (tertiary/aromatic N) is 1. The Labute approximate surface area is 127 Å². The second-order valence-corrected chi connectivity index (χ2v) is 5.00. The minimum Gasteiger partial charge on any atom is -0.466 e. The minimum atomic E-state index is -1.24. The molecule has 0 saturated heterocycles. The van der Waals surface area contributed by atoms with Crippen LogP contribution in [0.4, 0.5) is 0 Å². The summed E-state index contributed by atoms with van der Waals surface area (Å²) in [6.07, 6.45) is -1.13. The molecular formula is C15H16ClNO4. The van der Waals surface area contributed by atoms with Crippen molar-refractivity contribution in [1.29, 1.82) is 0 Å². The van der Waals surface area contributed by atoms with Gasteiger partial charge in [0, 0.05) is 11.6 Å². The van der Waals surface area contributed by atoms with Crippen LogP contribution in [-0.2, 0) is 9.53 Å². The number of fused-ring (bicyclic) bond motifs is 1. The first-order valence-corrected chi connectivity index (χ1v) is 6.96. The number of halogens is 1. The number of aliphatic hydroxyl groups excluding tert-OH is 2. The van der Waals surface area contributed by atoms with Crippen molar-refractivity contribution in [2.24, 2.45) is 0 Å². The molecule has 0 saturated carbocycles. The van der Waals surface area contributed by atoms with E-state index in [4.69, 9.17) is 16.3 Å². The maximum Gasteiger partial charge on any atom is 0.308 e. The largest absolute Gasteiger partial charge is 0.466 e. The van der Waals surface area contributed by atoms with Crippen molar-refractivity contribution in [3.63, 3.8) is 0 Å². The van der Waals surface area contributed by atoms with Crippen LogP contribution < -0.4 is 0 Å². The molecule has 0 fully saturated rings. The molecule has 2 atom stereocenters. The highest BCUT2D eigenvalue weighted by Crippen LogP contribution is 2.26. The Bertz CT molecular complexity index is 647. The fraction of sp³-hybridized carbons (Fsp3) is 0.333. The predicted molar refractivity (Wildman–Crippen MR) is 79.0 cm³/mol. The van der Waals surface area contributed by atoms with E-state index >= 15 is 0 Å². The van der Waals surface area contributed by atoms with Gasteiger partial charge in [0.15, 0.2) is 0 Å². The zero-order chi connectivity index (χ0) is 15.4. The van der Waals surface area contributed by atoms with E-state index in [1.807, 2.05) is 0 Å². The molecule has 1 aromatic heterocycles. The average molecular weight is 310 g/mol. The average Bonchev–Trinajstić information content (AvgIpc) is 2.46. The lowest BCUT2D eigenvalue weighted by atomic mass is 10.0. The first-order valence-electron chi connectivity index (χ1n) is 6.59. The molecule has 2 N–H and O–H groups in total. The van der Waals surface area contributed by atoms with E-state index in [1.165, 1.54) is 0 Å². The fourth-order valence-electron chi connectivity index (χ4n) is 2.04. The summed E-state index contributed by atoms with van der Waals surface area (Å²) in [7, 11) is 0. The van der Waals surface area contributed by atoms with Gasteiger partial charge in [0.05, 0.1) is 29.7 Å². The van der Waals surface area contributed by atoms with E-state index in [2.05, 4.69) is 4.98 Å². The number of aromatic nitrogens is 1. The molecule has 5 nitrogen and oxygen atoms in total. The van der Waals surface area contributed by atoms with Gasteiger partial charge < -0.3 is 14.9 Å². The van der Waals surface area contributed by atoms with E-state index in [9.17, 15) is 15.0 Å². The molecule has 112 valence electrons. The number of rotatable bonds is 5. The van der Waals surface area contributed by atoms with Crippen LogP contribution in [0.3, 0.4) is 0 Å². The molecule has 0 amide bonds. The van der Waals surface area contributed by atoms with Gasteiger partial charge in [-0.15, -0.1) is 0 Å². The number of ether oxygens (including phenoxy) is 1. The molecular weight excluding hydrogens is 294 g/mol. The molecule has 6 heteroatoms. The highest BCUT2D eigenvalue weighted by atomic mass is 35.5. The van der Waals surface area contributed by atoms with Crippen molar-refractivity contribution < 1.29 is 19.7 Å². The van der Waals surface area contributed by atoms with Crippen LogP contribution >= 0.6 is 11.6 Å². The van der Waals surface area contributed by atoms with Gasteiger partial charge in [0.1, 0.15) is 6.10 Å². The number of carbonyl (C=O) groups excluding carboxylic acids is 1. The quantitative estimate of drug-likeness (QED) is 0.828. The van der Waals surface area contributed by atoms with Crippen molar-refractivity contribution in [3.8, 4) is 0 Å². The highest BCUT2D eigenvalue weighted by molar-refractivity contribution is 6.35. The van der Waals surface area contributed by atoms with Gasteiger partial charge in [0.25, 0.3) is 0 Å². The Kier molecular flexibility index (Phi) is 5.12. The van der Waals surface area contributed by atoms with E-state index < -0.39 is 18.2 Å². The topological polar surface area (TPSA) is 79.7 Å². The van der Waals surface area contributed by atoms with Gasteiger partial charge in [-0.1, -0.05) is 23.7 Å². The third-order valence-corrected chi connectivity index (χ3v) is 3.43. The third-order valence-electron chi connectivity index (χ3n) is 3.10. The first-order chi connectivity index (χ1) is 10.0. The number of pyridine rings is 1. The molecule has 21 heavy (non-hydrogen) atoms. The van der Waals surface area contributed by atoms with Crippen molar-refractivity contribution in [2.75, 3.05) is 6.61 Å². The highest BCUT2D eigenvalue weighted by Gasteiger charge is 2.22. The molecule has 0 aliphatic carbocycles. The Morgan fingerprint density at radius 3 is 2.86 bits per heavy atom. The number of benzene rings is 1. The maximum atomic E-state index is 11.3. The van der Waals surface area contributed by atoms with Crippen LogP contribution in [0.15, 0.2) is 30.5 Å². The summed E-state index contributed by atoms with van der Waals surface area (Å²) in [4.78, 5) is 15.5. The van der Waals surface area contributed by atoms with Gasteiger partial charge in [-0.3, -0.25) is 9.78 Å². The first kappa shape index (κ1) is 15.7. The maximum absolute atomic E-state index is 11.3. The van der Waals surface area contributed by atoms with Crippen molar-refractivity contribution >= 4 is 28.5 Å². The molecule has 2 unspecified atom stereocenters. The molecule has 1 aromatic carbocycles. The van der Waals surface area contributed by atoms with Gasteiger partial charge in [-0.2, -0.15) is 0 Å².